The van der Waals surface area contributed by atoms with E-state index in [-0.39, 0.29) is 12.1 Å². The maximum atomic E-state index is 11.8. The van der Waals surface area contributed by atoms with Crippen molar-refractivity contribution < 1.29 is 9.53 Å². The van der Waals surface area contributed by atoms with Crippen molar-refractivity contribution in [3.05, 3.63) is 66.6 Å². The van der Waals surface area contributed by atoms with Crippen LogP contribution in [0.1, 0.15) is 12.0 Å². The smallest absolute Gasteiger partial charge is 0.414 e. The Kier molecular flexibility index (Phi) is 4.22. The summed E-state index contributed by atoms with van der Waals surface area (Å²) in [4.78, 5) is 13.5. The number of rotatable bonds is 5. The fourth-order valence-electron chi connectivity index (χ4n) is 2.22. The van der Waals surface area contributed by atoms with Crippen LogP contribution in [0.15, 0.2) is 61.0 Å². The molecule has 0 bridgehead atoms. The van der Waals surface area contributed by atoms with Crippen LogP contribution in [0.4, 0.5) is 4.79 Å². The summed E-state index contributed by atoms with van der Waals surface area (Å²) in [5, 5.41) is 0. The van der Waals surface area contributed by atoms with Crippen molar-refractivity contribution >= 4 is 6.09 Å². The van der Waals surface area contributed by atoms with Crippen LogP contribution in [-0.4, -0.2) is 23.6 Å². The van der Waals surface area contributed by atoms with E-state index in [1.54, 1.807) is 11.0 Å². The first-order chi connectivity index (χ1) is 9.26. The van der Waals surface area contributed by atoms with Crippen molar-refractivity contribution in [3.63, 3.8) is 0 Å². The number of nitrogens with zero attached hydrogens (tertiary/aromatic N) is 1. The van der Waals surface area contributed by atoms with Gasteiger partial charge in [0.2, 0.25) is 0 Å². The Morgan fingerprint density at radius 3 is 2.84 bits per heavy atom. The molecule has 1 aromatic rings. The van der Waals surface area contributed by atoms with Crippen molar-refractivity contribution in [2.24, 2.45) is 0 Å². The molecule has 1 aromatic carbocycles. The Morgan fingerprint density at radius 1 is 1.47 bits per heavy atom. The molecule has 19 heavy (non-hydrogen) atoms. The van der Waals surface area contributed by atoms with E-state index in [0.717, 1.165) is 12.1 Å². The second-order valence-electron chi connectivity index (χ2n) is 4.41. The molecule has 1 heterocycles. The van der Waals surface area contributed by atoms with Crippen molar-refractivity contribution in [2.45, 2.75) is 18.9 Å². The van der Waals surface area contributed by atoms with E-state index in [2.05, 4.69) is 18.9 Å². The van der Waals surface area contributed by atoms with Gasteiger partial charge in [0.1, 0.15) is 6.61 Å². The quantitative estimate of drug-likeness (QED) is 0.597. The molecule has 98 valence electrons. The molecule has 0 spiro atoms. The van der Waals surface area contributed by atoms with Crippen LogP contribution in [0.2, 0.25) is 0 Å². The number of carbonyl (C=O) groups excluding carboxylic acids is 1. The average molecular weight is 255 g/mol. The van der Waals surface area contributed by atoms with E-state index in [9.17, 15) is 4.79 Å². The monoisotopic (exact) mass is 255 g/mol. The zero-order chi connectivity index (χ0) is 13.7. The summed E-state index contributed by atoms with van der Waals surface area (Å²) in [6.45, 7) is 7.73. The number of cyclic esters (lactones) is 1. The van der Waals surface area contributed by atoms with E-state index in [4.69, 9.17) is 4.74 Å². The van der Waals surface area contributed by atoms with Gasteiger partial charge in [-0.25, -0.2) is 4.79 Å². The largest absolute Gasteiger partial charge is 0.447 e. The fourth-order valence-corrected chi connectivity index (χ4v) is 2.22. The van der Waals surface area contributed by atoms with Crippen LogP contribution in [0.5, 0.6) is 0 Å². The molecule has 0 aliphatic carbocycles. The minimum atomic E-state index is -0.325. The summed E-state index contributed by atoms with van der Waals surface area (Å²) < 4.78 is 5.14. The van der Waals surface area contributed by atoms with Gasteiger partial charge in [-0.15, -0.1) is 12.3 Å². The highest BCUT2D eigenvalue weighted by atomic mass is 16.6. The molecule has 1 saturated heterocycles. The average Bonchev–Trinajstić information content (AvgIpc) is 2.78. The molecule has 0 unspecified atom stereocenters. The van der Waals surface area contributed by atoms with E-state index < -0.39 is 0 Å². The van der Waals surface area contributed by atoms with Crippen molar-refractivity contribution in [3.8, 4) is 0 Å². The molecular weight excluding hydrogens is 238 g/mol. The maximum absolute atomic E-state index is 11.8. The van der Waals surface area contributed by atoms with Crippen LogP contribution in [0.3, 0.4) is 0 Å². The zero-order valence-corrected chi connectivity index (χ0v) is 10.8. The second-order valence-corrected chi connectivity index (χ2v) is 4.41. The molecule has 1 aliphatic rings. The molecule has 0 aromatic heterocycles. The van der Waals surface area contributed by atoms with Gasteiger partial charge in [-0.2, -0.15) is 0 Å². The van der Waals surface area contributed by atoms with Crippen LogP contribution >= 0.6 is 0 Å². The summed E-state index contributed by atoms with van der Waals surface area (Å²) in [7, 11) is 0. The van der Waals surface area contributed by atoms with Gasteiger partial charge in [-0.1, -0.05) is 43.0 Å². The summed E-state index contributed by atoms with van der Waals surface area (Å²) in [5.74, 6) is 0. The van der Waals surface area contributed by atoms with Gasteiger partial charge in [0.25, 0.3) is 0 Å². The van der Waals surface area contributed by atoms with Gasteiger partial charge >= 0.3 is 6.09 Å². The minimum absolute atomic E-state index is 0.000833. The van der Waals surface area contributed by atoms with Gasteiger partial charge in [-0.05, 0) is 12.0 Å². The van der Waals surface area contributed by atoms with Crippen molar-refractivity contribution in [2.75, 3.05) is 6.61 Å². The number of benzene rings is 1. The third kappa shape index (κ3) is 2.95. The van der Waals surface area contributed by atoms with Gasteiger partial charge in [0.15, 0.2) is 0 Å². The lowest BCUT2D eigenvalue weighted by Gasteiger charge is -2.22. The number of ether oxygens (including phenoxy) is 1. The molecule has 1 amide bonds. The normalized spacial score (nSPS) is 17.8. The topological polar surface area (TPSA) is 29.5 Å². The Morgan fingerprint density at radius 2 is 2.21 bits per heavy atom. The molecule has 2 rings (SSSR count). The standard InChI is InChI=1S/C16H17NO2/c1-3-8-14(4-2)17-15(12-19-16(17)18)11-13-9-6-5-7-10-13/h3,5-7,9-10,15H,1-2,8,11-12H2/t15-/m1/s1. The second kappa shape index (κ2) is 6.07. The lowest BCUT2D eigenvalue weighted by atomic mass is 10.1. The lowest BCUT2D eigenvalue weighted by Crippen LogP contribution is -2.34. The Balaban J connectivity index is 2.18. The van der Waals surface area contributed by atoms with E-state index >= 15 is 0 Å². The summed E-state index contributed by atoms with van der Waals surface area (Å²) in [6.07, 6.45) is 2.73. The van der Waals surface area contributed by atoms with Crippen LogP contribution in [0.25, 0.3) is 0 Å². The molecule has 1 fully saturated rings. The SMILES string of the molecule is C=C=C(CC=C)N1C(=O)OC[C@H]1Cc1ccccc1. The third-order valence-corrected chi connectivity index (χ3v) is 3.11. The number of hydrogen-bond donors (Lipinski definition) is 0. The zero-order valence-electron chi connectivity index (χ0n) is 10.8. The predicted octanol–water partition coefficient (Wildman–Crippen LogP) is 3.29. The molecule has 0 N–H and O–H groups in total. The summed E-state index contributed by atoms with van der Waals surface area (Å²) in [6, 6.07) is 10.1. The van der Waals surface area contributed by atoms with Gasteiger partial charge in [-0.3, -0.25) is 4.90 Å². The van der Waals surface area contributed by atoms with E-state index in [0.29, 0.717) is 13.0 Å². The molecule has 1 atom stereocenters. The number of hydrogen-bond acceptors (Lipinski definition) is 2. The van der Waals surface area contributed by atoms with Crippen molar-refractivity contribution in [1.82, 2.24) is 4.90 Å². The first-order valence-electron chi connectivity index (χ1n) is 6.26. The summed E-state index contributed by atoms with van der Waals surface area (Å²) in [5.41, 5.74) is 4.71. The Bertz CT molecular complexity index is 515. The lowest BCUT2D eigenvalue weighted by molar-refractivity contribution is 0.164. The van der Waals surface area contributed by atoms with Crippen LogP contribution in [-0.2, 0) is 11.2 Å². The fraction of sp³-hybridized carbons (Fsp3) is 0.250. The summed E-state index contributed by atoms with van der Waals surface area (Å²) >= 11 is 0. The highest BCUT2D eigenvalue weighted by molar-refractivity contribution is 5.72. The van der Waals surface area contributed by atoms with E-state index in [1.165, 1.54) is 5.56 Å². The van der Waals surface area contributed by atoms with E-state index in [1.807, 2.05) is 30.3 Å². The molecule has 0 radical (unpaired) electrons. The minimum Gasteiger partial charge on any atom is -0.447 e. The van der Waals surface area contributed by atoms with Gasteiger partial charge in [0, 0.05) is 6.42 Å². The molecule has 3 nitrogen and oxygen atoms in total. The van der Waals surface area contributed by atoms with Gasteiger partial charge < -0.3 is 4.74 Å². The number of allylic oxidation sites excluding steroid dienone is 1. The van der Waals surface area contributed by atoms with Crippen molar-refractivity contribution in [1.29, 1.82) is 0 Å². The number of amides is 1. The molecular formula is C16H17NO2. The van der Waals surface area contributed by atoms with Gasteiger partial charge in [0.05, 0.1) is 11.7 Å². The first-order valence-corrected chi connectivity index (χ1v) is 6.26. The molecule has 1 aliphatic heterocycles. The first kappa shape index (κ1) is 13.2. The number of carbonyl (C=O) groups is 1. The highest BCUT2D eigenvalue weighted by Gasteiger charge is 2.34. The molecule has 0 saturated carbocycles. The molecule has 3 heteroatoms. The Labute approximate surface area is 113 Å². The maximum Gasteiger partial charge on any atom is 0.414 e. The Hall–Kier alpha value is -2.25. The third-order valence-electron chi connectivity index (χ3n) is 3.11. The highest BCUT2D eigenvalue weighted by Crippen LogP contribution is 2.23. The predicted molar refractivity (Wildman–Crippen MR) is 74.6 cm³/mol. The van der Waals surface area contributed by atoms with Crippen LogP contribution in [0, 0.1) is 0 Å². The van der Waals surface area contributed by atoms with Crippen LogP contribution < -0.4 is 0 Å².